The van der Waals surface area contributed by atoms with E-state index in [9.17, 15) is 4.79 Å². The van der Waals surface area contributed by atoms with E-state index in [2.05, 4.69) is 5.10 Å². The summed E-state index contributed by atoms with van der Waals surface area (Å²) < 4.78 is 21.5. The minimum atomic E-state index is -0.247. The van der Waals surface area contributed by atoms with Gasteiger partial charge < -0.3 is 18.9 Å². The van der Waals surface area contributed by atoms with E-state index < -0.39 is 0 Å². The normalized spacial score (nSPS) is 15.8. The van der Waals surface area contributed by atoms with Gasteiger partial charge in [-0.2, -0.15) is 5.10 Å². The van der Waals surface area contributed by atoms with Crippen LogP contribution in [0, 0.1) is 0 Å². The Bertz CT molecular complexity index is 910. The van der Waals surface area contributed by atoms with Gasteiger partial charge in [-0.05, 0) is 35.9 Å². The molecule has 7 nitrogen and oxygen atoms in total. The van der Waals surface area contributed by atoms with Gasteiger partial charge in [-0.15, -0.1) is 0 Å². The average Bonchev–Trinajstić information content (AvgIpc) is 3.18. The van der Waals surface area contributed by atoms with E-state index in [1.807, 2.05) is 36.4 Å². The van der Waals surface area contributed by atoms with Crippen LogP contribution in [0.5, 0.6) is 23.0 Å². The van der Waals surface area contributed by atoms with E-state index in [1.54, 1.807) is 28.4 Å². The first-order valence-corrected chi connectivity index (χ1v) is 8.84. The molecule has 1 heterocycles. The highest BCUT2D eigenvalue weighted by Crippen LogP contribution is 2.39. The van der Waals surface area contributed by atoms with Gasteiger partial charge in [0.05, 0.1) is 40.2 Å². The molecule has 1 aliphatic rings. The van der Waals surface area contributed by atoms with E-state index in [-0.39, 0.29) is 11.9 Å². The lowest BCUT2D eigenvalue weighted by Crippen LogP contribution is -2.24. The maximum atomic E-state index is 12.3. The molecule has 0 saturated heterocycles. The molecular formula is C21H24N2O5. The zero-order chi connectivity index (χ0) is 20.3. The van der Waals surface area contributed by atoms with Crippen molar-refractivity contribution in [2.24, 2.45) is 5.10 Å². The van der Waals surface area contributed by atoms with E-state index in [0.717, 1.165) is 16.8 Å². The number of ether oxygens (including phenoxy) is 4. The van der Waals surface area contributed by atoms with Crippen molar-refractivity contribution < 1.29 is 23.7 Å². The van der Waals surface area contributed by atoms with E-state index in [4.69, 9.17) is 18.9 Å². The monoisotopic (exact) mass is 384 g/mol. The number of methoxy groups -OCH3 is 4. The Morgan fingerprint density at radius 3 is 2.21 bits per heavy atom. The predicted molar refractivity (Wildman–Crippen MR) is 106 cm³/mol. The van der Waals surface area contributed by atoms with Gasteiger partial charge in [0.1, 0.15) is 11.5 Å². The second kappa shape index (κ2) is 8.21. The lowest BCUT2D eigenvalue weighted by atomic mass is 9.97. The van der Waals surface area contributed by atoms with E-state index >= 15 is 0 Å². The van der Waals surface area contributed by atoms with Crippen LogP contribution in [0.15, 0.2) is 41.5 Å². The molecule has 0 saturated carbocycles. The predicted octanol–water partition coefficient (Wildman–Crippen LogP) is 3.42. The maximum Gasteiger partial charge on any atom is 0.240 e. The van der Waals surface area contributed by atoms with Crippen LogP contribution in [0.3, 0.4) is 0 Å². The zero-order valence-electron chi connectivity index (χ0n) is 16.7. The van der Waals surface area contributed by atoms with Crippen LogP contribution in [0.25, 0.3) is 0 Å². The molecule has 0 aromatic heterocycles. The number of hydrazone groups is 1. The number of nitrogens with zero attached hydrogens (tertiary/aromatic N) is 2. The number of carbonyl (C=O) groups is 1. The van der Waals surface area contributed by atoms with Crippen molar-refractivity contribution in [3.63, 3.8) is 0 Å². The second-order valence-electron chi connectivity index (χ2n) is 6.31. The molecule has 148 valence electrons. The summed E-state index contributed by atoms with van der Waals surface area (Å²) in [6.45, 7) is 1.50. The topological polar surface area (TPSA) is 69.6 Å². The number of hydrogen-bond acceptors (Lipinski definition) is 6. The standard InChI is InChI=1S/C21H24N2O5/c1-13(24)23-18(14-6-8-20(27-4)21(10-14)28-5)12-17(22-23)16-11-15(25-2)7-9-19(16)26-3/h6-11,18H,12H2,1-5H3. The molecule has 1 unspecified atom stereocenters. The van der Waals surface area contributed by atoms with Crippen molar-refractivity contribution in [1.29, 1.82) is 0 Å². The Morgan fingerprint density at radius 2 is 1.61 bits per heavy atom. The first-order chi connectivity index (χ1) is 13.5. The molecule has 0 spiro atoms. The Balaban J connectivity index is 2.01. The van der Waals surface area contributed by atoms with Gasteiger partial charge in [0.15, 0.2) is 11.5 Å². The first kappa shape index (κ1) is 19.5. The van der Waals surface area contributed by atoms with Crippen molar-refractivity contribution in [1.82, 2.24) is 5.01 Å². The summed E-state index contributed by atoms with van der Waals surface area (Å²) in [6, 6.07) is 10.9. The van der Waals surface area contributed by atoms with Crippen LogP contribution < -0.4 is 18.9 Å². The highest BCUT2D eigenvalue weighted by atomic mass is 16.5. The Labute approximate surface area is 164 Å². The molecule has 0 N–H and O–H groups in total. The molecule has 28 heavy (non-hydrogen) atoms. The second-order valence-corrected chi connectivity index (χ2v) is 6.31. The van der Waals surface area contributed by atoms with Crippen LogP contribution >= 0.6 is 0 Å². The molecule has 1 amide bonds. The van der Waals surface area contributed by atoms with Crippen LogP contribution in [0.2, 0.25) is 0 Å². The van der Waals surface area contributed by atoms with Gasteiger partial charge in [-0.3, -0.25) is 4.79 Å². The summed E-state index contributed by atoms with van der Waals surface area (Å²) in [5.41, 5.74) is 2.47. The summed E-state index contributed by atoms with van der Waals surface area (Å²) in [5.74, 6) is 2.47. The quantitative estimate of drug-likeness (QED) is 0.763. The molecule has 0 radical (unpaired) electrons. The Morgan fingerprint density at radius 1 is 0.929 bits per heavy atom. The average molecular weight is 384 g/mol. The lowest BCUT2D eigenvalue weighted by molar-refractivity contribution is -0.130. The van der Waals surface area contributed by atoms with Crippen LogP contribution in [0.4, 0.5) is 0 Å². The third kappa shape index (κ3) is 3.60. The van der Waals surface area contributed by atoms with Crippen LogP contribution in [-0.4, -0.2) is 45.1 Å². The van der Waals surface area contributed by atoms with Gasteiger partial charge in [-0.25, -0.2) is 5.01 Å². The fourth-order valence-corrected chi connectivity index (χ4v) is 3.32. The number of carbonyl (C=O) groups excluding carboxylic acids is 1. The molecule has 0 bridgehead atoms. The van der Waals surface area contributed by atoms with Crippen molar-refractivity contribution in [3.05, 3.63) is 47.5 Å². The van der Waals surface area contributed by atoms with E-state index in [0.29, 0.717) is 29.4 Å². The van der Waals surface area contributed by atoms with Gasteiger partial charge in [-0.1, -0.05) is 6.07 Å². The summed E-state index contributed by atoms with van der Waals surface area (Å²) in [5, 5.41) is 6.09. The fourth-order valence-electron chi connectivity index (χ4n) is 3.32. The number of hydrogen-bond donors (Lipinski definition) is 0. The van der Waals surface area contributed by atoms with Gasteiger partial charge in [0.25, 0.3) is 0 Å². The molecule has 2 aromatic carbocycles. The molecule has 3 rings (SSSR count). The van der Waals surface area contributed by atoms with Crippen LogP contribution in [0.1, 0.15) is 30.5 Å². The summed E-state index contributed by atoms with van der Waals surface area (Å²) >= 11 is 0. The largest absolute Gasteiger partial charge is 0.497 e. The third-order valence-corrected chi connectivity index (χ3v) is 4.74. The molecular weight excluding hydrogens is 360 g/mol. The third-order valence-electron chi connectivity index (χ3n) is 4.74. The number of rotatable bonds is 6. The Hall–Kier alpha value is -3.22. The van der Waals surface area contributed by atoms with E-state index in [1.165, 1.54) is 11.9 Å². The minimum Gasteiger partial charge on any atom is -0.497 e. The smallest absolute Gasteiger partial charge is 0.240 e. The lowest BCUT2D eigenvalue weighted by Gasteiger charge is -2.21. The minimum absolute atomic E-state index is 0.142. The zero-order valence-corrected chi connectivity index (χ0v) is 16.7. The highest BCUT2D eigenvalue weighted by Gasteiger charge is 2.33. The molecule has 1 aliphatic heterocycles. The maximum absolute atomic E-state index is 12.3. The van der Waals surface area contributed by atoms with Gasteiger partial charge in [0, 0.05) is 18.9 Å². The van der Waals surface area contributed by atoms with Crippen molar-refractivity contribution in [2.75, 3.05) is 28.4 Å². The molecule has 0 aliphatic carbocycles. The molecule has 7 heteroatoms. The number of amides is 1. The van der Waals surface area contributed by atoms with Crippen LogP contribution in [-0.2, 0) is 4.79 Å². The SMILES string of the molecule is COc1ccc(OC)c(C2=NN(C(C)=O)C(c3ccc(OC)c(OC)c3)C2)c1. The first-order valence-electron chi connectivity index (χ1n) is 8.84. The molecule has 2 aromatic rings. The highest BCUT2D eigenvalue weighted by molar-refractivity contribution is 6.05. The van der Waals surface area contributed by atoms with Gasteiger partial charge in [0.2, 0.25) is 5.91 Å². The summed E-state index contributed by atoms with van der Waals surface area (Å²) in [7, 11) is 6.39. The summed E-state index contributed by atoms with van der Waals surface area (Å²) in [4.78, 5) is 12.3. The summed E-state index contributed by atoms with van der Waals surface area (Å²) in [6.07, 6.45) is 0.540. The van der Waals surface area contributed by atoms with Gasteiger partial charge >= 0.3 is 0 Å². The van der Waals surface area contributed by atoms with Crippen molar-refractivity contribution in [3.8, 4) is 23.0 Å². The van der Waals surface area contributed by atoms with Crippen molar-refractivity contribution in [2.45, 2.75) is 19.4 Å². The fraction of sp³-hybridized carbons (Fsp3) is 0.333. The van der Waals surface area contributed by atoms with Crippen molar-refractivity contribution >= 4 is 11.6 Å². The molecule has 0 fully saturated rings. The number of benzene rings is 2. The Kier molecular flexibility index (Phi) is 5.73. The molecule has 1 atom stereocenters.